The van der Waals surface area contributed by atoms with E-state index in [1.165, 1.54) is 10.4 Å². The molecule has 2 heterocycles. The summed E-state index contributed by atoms with van der Waals surface area (Å²) in [4.78, 5) is 15.9. The van der Waals surface area contributed by atoms with Crippen LogP contribution in [0.5, 0.6) is 11.5 Å². The van der Waals surface area contributed by atoms with Gasteiger partial charge in [-0.25, -0.2) is 0 Å². The van der Waals surface area contributed by atoms with Gasteiger partial charge in [-0.2, -0.15) is 0 Å². The van der Waals surface area contributed by atoms with E-state index in [9.17, 15) is 4.79 Å². The van der Waals surface area contributed by atoms with Crippen molar-refractivity contribution in [3.8, 4) is 11.5 Å². The van der Waals surface area contributed by atoms with Gasteiger partial charge in [0.15, 0.2) is 0 Å². The number of fused-ring (bicyclic) bond motifs is 1. The van der Waals surface area contributed by atoms with E-state index in [1.54, 1.807) is 25.6 Å². The Morgan fingerprint density at radius 1 is 1.27 bits per heavy atom. The number of ether oxygens (including phenoxy) is 2. The minimum atomic E-state index is 0.139. The van der Waals surface area contributed by atoms with E-state index in [-0.39, 0.29) is 5.91 Å². The van der Waals surface area contributed by atoms with E-state index >= 15 is 0 Å². The Labute approximate surface area is 134 Å². The van der Waals surface area contributed by atoms with Gasteiger partial charge in [-0.05, 0) is 29.5 Å². The minimum Gasteiger partial charge on any atom is -0.497 e. The van der Waals surface area contributed by atoms with E-state index in [4.69, 9.17) is 9.47 Å². The van der Waals surface area contributed by atoms with Crippen molar-refractivity contribution < 1.29 is 14.3 Å². The molecule has 2 aromatic rings. The molecule has 1 aromatic heterocycles. The molecule has 0 N–H and O–H groups in total. The predicted octanol–water partition coefficient (Wildman–Crippen LogP) is 2.89. The molecule has 22 heavy (non-hydrogen) atoms. The number of methoxy groups -OCH3 is 2. The Bertz CT molecular complexity index is 680. The van der Waals surface area contributed by atoms with Crippen molar-refractivity contribution in [2.24, 2.45) is 0 Å². The number of thiophene rings is 1. The van der Waals surface area contributed by atoms with Crippen molar-refractivity contribution in [1.29, 1.82) is 0 Å². The first-order chi connectivity index (χ1) is 10.7. The lowest BCUT2D eigenvalue weighted by molar-refractivity contribution is -0.131. The lowest BCUT2D eigenvalue weighted by Gasteiger charge is -2.27. The SMILES string of the molecule is COc1ccc(CC(=O)N2CCc3sccc3C2)c(OC)c1. The fourth-order valence-corrected chi connectivity index (χ4v) is 3.62. The molecule has 5 heteroatoms. The Kier molecular flexibility index (Phi) is 4.34. The average Bonchev–Trinajstić information content (AvgIpc) is 3.02. The van der Waals surface area contributed by atoms with Crippen molar-refractivity contribution in [3.05, 3.63) is 45.6 Å². The lowest BCUT2D eigenvalue weighted by atomic mass is 10.1. The molecule has 3 rings (SSSR count). The van der Waals surface area contributed by atoms with Gasteiger partial charge in [-0.1, -0.05) is 6.07 Å². The van der Waals surface area contributed by atoms with Crippen molar-refractivity contribution >= 4 is 17.2 Å². The van der Waals surface area contributed by atoms with E-state index in [0.29, 0.717) is 12.2 Å². The van der Waals surface area contributed by atoms with Gasteiger partial charge >= 0.3 is 0 Å². The fourth-order valence-electron chi connectivity index (χ4n) is 2.73. The Hall–Kier alpha value is -2.01. The normalized spacial score (nSPS) is 13.6. The van der Waals surface area contributed by atoms with E-state index in [0.717, 1.165) is 30.8 Å². The first kappa shape index (κ1) is 14.9. The fraction of sp³-hybridized carbons (Fsp3) is 0.353. The topological polar surface area (TPSA) is 38.8 Å². The molecular formula is C17H19NO3S. The largest absolute Gasteiger partial charge is 0.497 e. The highest BCUT2D eigenvalue weighted by Crippen LogP contribution is 2.27. The number of carbonyl (C=O) groups excluding carboxylic acids is 1. The van der Waals surface area contributed by atoms with E-state index in [2.05, 4.69) is 11.4 Å². The van der Waals surface area contributed by atoms with Crippen LogP contribution in [0, 0.1) is 0 Å². The van der Waals surface area contributed by atoms with Crippen LogP contribution in [-0.4, -0.2) is 31.6 Å². The van der Waals surface area contributed by atoms with Crippen molar-refractivity contribution in [2.75, 3.05) is 20.8 Å². The van der Waals surface area contributed by atoms with Gasteiger partial charge in [0.1, 0.15) is 11.5 Å². The van der Waals surface area contributed by atoms with E-state index < -0.39 is 0 Å². The Morgan fingerprint density at radius 2 is 2.14 bits per heavy atom. The molecule has 0 atom stereocenters. The number of nitrogens with zero attached hydrogens (tertiary/aromatic N) is 1. The van der Waals surface area contributed by atoms with Crippen LogP contribution >= 0.6 is 11.3 Å². The quantitative estimate of drug-likeness (QED) is 0.870. The van der Waals surface area contributed by atoms with Crippen molar-refractivity contribution in [1.82, 2.24) is 4.90 Å². The van der Waals surface area contributed by atoms with Gasteiger partial charge in [-0.15, -0.1) is 11.3 Å². The molecule has 1 aliphatic heterocycles. The van der Waals surface area contributed by atoms with Crippen LogP contribution in [-0.2, 0) is 24.2 Å². The van der Waals surface area contributed by atoms with Crippen LogP contribution in [0.1, 0.15) is 16.0 Å². The van der Waals surface area contributed by atoms with Crippen molar-refractivity contribution in [3.63, 3.8) is 0 Å². The molecule has 1 aromatic carbocycles. The zero-order valence-electron chi connectivity index (χ0n) is 12.8. The summed E-state index contributed by atoms with van der Waals surface area (Å²) in [7, 11) is 3.23. The third kappa shape index (κ3) is 2.95. The molecule has 0 aliphatic carbocycles. The maximum absolute atomic E-state index is 12.6. The molecule has 0 saturated heterocycles. The van der Waals surface area contributed by atoms with Gasteiger partial charge in [0.25, 0.3) is 0 Å². The highest BCUT2D eigenvalue weighted by atomic mass is 32.1. The summed E-state index contributed by atoms with van der Waals surface area (Å²) in [6.07, 6.45) is 1.31. The summed E-state index contributed by atoms with van der Waals surface area (Å²) in [6.45, 7) is 1.51. The second-order valence-electron chi connectivity index (χ2n) is 5.29. The number of hydrogen-bond donors (Lipinski definition) is 0. The third-order valence-electron chi connectivity index (χ3n) is 4.00. The molecule has 0 bridgehead atoms. The van der Waals surface area contributed by atoms with Crippen LogP contribution in [0.2, 0.25) is 0 Å². The summed E-state index contributed by atoms with van der Waals surface area (Å²) >= 11 is 1.78. The summed E-state index contributed by atoms with van der Waals surface area (Å²) in [5.41, 5.74) is 2.18. The molecule has 116 valence electrons. The minimum absolute atomic E-state index is 0.139. The number of hydrogen-bond acceptors (Lipinski definition) is 4. The third-order valence-corrected chi connectivity index (χ3v) is 5.02. The molecular weight excluding hydrogens is 298 g/mol. The predicted molar refractivity (Wildman–Crippen MR) is 86.7 cm³/mol. The summed E-state index contributed by atoms with van der Waals surface area (Å²) in [6, 6.07) is 7.69. The first-order valence-electron chi connectivity index (χ1n) is 7.25. The molecule has 0 saturated carbocycles. The van der Waals surface area contributed by atoms with Crippen LogP contribution in [0.4, 0.5) is 0 Å². The second-order valence-corrected chi connectivity index (χ2v) is 6.29. The number of benzene rings is 1. The highest BCUT2D eigenvalue weighted by molar-refractivity contribution is 7.10. The molecule has 1 amide bonds. The maximum atomic E-state index is 12.6. The number of amides is 1. The molecule has 0 fully saturated rings. The number of rotatable bonds is 4. The van der Waals surface area contributed by atoms with Crippen LogP contribution < -0.4 is 9.47 Å². The monoisotopic (exact) mass is 317 g/mol. The molecule has 0 unspecified atom stereocenters. The Balaban J connectivity index is 1.72. The van der Waals surface area contributed by atoms with Gasteiger partial charge < -0.3 is 14.4 Å². The zero-order valence-corrected chi connectivity index (χ0v) is 13.6. The molecule has 0 radical (unpaired) electrons. The maximum Gasteiger partial charge on any atom is 0.227 e. The van der Waals surface area contributed by atoms with E-state index in [1.807, 2.05) is 23.1 Å². The molecule has 4 nitrogen and oxygen atoms in total. The summed E-state index contributed by atoms with van der Waals surface area (Å²) in [5.74, 6) is 1.56. The summed E-state index contributed by atoms with van der Waals surface area (Å²) < 4.78 is 10.6. The molecule has 0 spiro atoms. The first-order valence-corrected chi connectivity index (χ1v) is 8.13. The summed E-state index contributed by atoms with van der Waals surface area (Å²) in [5, 5.41) is 2.10. The zero-order chi connectivity index (χ0) is 15.5. The molecule has 1 aliphatic rings. The lowest BCUT2D eigenvalue weighted by Crippen LogP contribution is -2.36. The number of carbonyl (C=O) groups is 1. The Morgan fingerprint density at radius 3 is 2.91 bits per heavy atom. The van der Waals surface area contributed by atoms with Gasteiger partial charge in [0.2, 0.25) is 5.91 Å². The van der Waals surface area contributed by atoms with Gasteiger partial charge in [-0.3, -0.25) is 4.79 Å². The van der Waals surface area contributed by atoms with Gasteiger partial charge in [0, 0.05) is 29.6 Å². The van der Waals surface area contributed by atoms with Crippen LogP contribution in [0.3, 0.4) is 0 Å². The highest BCUT2D eigenvalue weighted by Gasteiger charge is 2.22. The van der Waals surface area contributed by atoms with Gasteiger partial charge in [0.05, 0.1) is 20.6 Å². The van der Waals surface area contributed by atoms with Crippen LogP contribution in [0.25, 0.3) is 0 Å². The average molecular weight is 317 g/mol. The van der Waals surface area contributed by atoms with Crippen molar-refractivity contribution in [2.45, 2.75) is 19.4 Å². The standard InChI is InChI=1S/C17H19NO3S/c1-20-14-4-3-12(15(10-14)21-2)9-17(19)18-7-5-16-13(11-18)6-8-22-16/h3-4,6,8,10H,5,7,9,11H2,1-2H3. The second kappa shape index (κ2) is 6.40. The smallest absolute Gasteiger partial charge is 0.227 e. The van der Waals surface area contributed by atoms with Crippen LogP contribution in [0.15, 0.2) is 29.6 Å².